The van der Waals surface area contributed by atoms with E-state index >= 15 is 0 Å². The van der Waals surface area contributed by atoms with Crippen LogP contribution in [0.2, 0.25) is 5.02 Å². The Morgan fingerprint density at radius 1 is 1.40 bits per heavy atom. The molecule has 2 aromatic rings. The molecule has 9 heteroatoms. The minimum absolute atomic E-state index is 0.144. The number of rotatable bonds is 6. The number of halogens is 1. The van der Waals surface area contributed by atoms with Gasteiger partial charge in [0.05, 0.1) is 17.8 Å². The number of methoxy groups -OCH3 is 1. The molecular formula is C21H27ClN6O2. The summed E-state index contributed by atoms with van der Waals surface area (Å²) in [4.78, 5) is 22.3. The molecule has 1 aromatic heterocycles. The highest BCUT2D eigenvalue weighted by atomic mass is 35.5. The molecule has 0 saturated carbocycles. The Labute approximate surface area is 181 Å². The van der Waals surface area contributed by atoms with E-state index in [0.29, 0.717) is 29.0 Å². The zero-order valence-corrected chi connectivity index (χ0v) is 18.2. The molecule has 0 aliphatic carbocycles. The summed E-state index contributed by atoms with van der Waals surface area (Å²) in [7, 11) is 3.32. The third kappa shape index (κ3) is 5.54. The number of carbonyl (C=O) groups excluding carboxylic acids is 1. The van der Waals surface area contributed by atoms with E-state index in [2.05, 4.69) is 30.8 Å². The predicted molar refractivity (Wildman–Crippen MR) is 120 cm³/mol. The predicted octanol–water partition coefficient (Wildman–Crippen LogP) is 2.65. The van der Waals surface area contributed by atoms with Gasteiger partial charge in [-0.15, -0.1) is 0 Å². The first kappa shape index (κ1) is 21.7. The molecule has 8 nitrogen and oxygen atoms in total. The minimum atomic E-state index is -0.144. The van der Waals surface area contributed by atoms with Gasteiger partial charge < -0.3 is 25.6 Å². The van der Waals surface area contributed by atoms with E-state index in [1.54, 1.807) is 20.4 Å². The lowest BCUT2D eigenvalue weighted by molar-refractivity contribution is -0.114. The van der Waals surface area contributed by atoms with Crippen molar-refractivity contribution in [3.8, 4) is 5.75 Å². The fraction of sp³-hybridized carbons (Fsp3) is 0.381. The lowest BCUT2D eigenvalue weighted by atomic mass is 10.2. The van der Waals surface area contributed by atoms with Crippen molar-refractivity contribution >= 4 is 35.0 Å². The van der Waals surface area contributed by atoms with Gasteiger partial charge in [0.15, 0.2) is 5.96 Å². The van der Waals surface area contributed by atoms with Gasteiger partial charge in [0, 0.05) is 45.8 Å². The number of ether oxygens (including phenoxy) is 1. The van der Waals surface area contributed by atoms with Gasteiger partial charge in [-0.2, -0.15) is 0 Å². The number of nitrogens with one attached hydrogen (secondary N) is 3. The molecule has 0 bridgehead atoms. The molecule has 3 N–H and O–H groups in total. The van der Waals surface area contributed by atoms with Crippen molar-refractivity contribution in [1.29, 1.82) is 0 Å². The number of anilines is 2. The smallest absolute Gasteiger partial charge is 0.221 e. The highest BCUT2D eigenvalue weighted by molar-refractivity contribution is 6.32. The molecule has 3 rings (SSSR count). The Kier molecular flexibility index (Phi) is 7.35. The summed E-state index contributed by atoms with van der Waals surface area (Å²) >= 11 is 6.27. The van der Waals surface area contributed by atoms with E-state index in [0.717, 1.165) is 30.9 Å². The van der Waals surface area contributed by atoms with Crippen LogP contribution in [0.5, 0.6) is 5.75 Å². The summed E-state index contributed by atoms with van der Waals surface area (Å²) in [6.45, 7) is 3.70. The van der Waals surface area contributed by atoms with Crippen molar-refractivity contribution in [2.24, 2.45) is 4.99 Å². The van der Waals surface area contributed by atoms with Crippen LogP contribution in [0, 0.1) is 0 Å². The van der Waals surface area contributed by atoms with Crippen LogP contribution in [-0.4, -0.2) is 50.1 Å². The van der Waals surface area contributed by atoms with E-state index in [1.807, 2.05) is 30.3 Å². The summed E-state index contributed by atoms with van der Waals surface area (Å²) in [5.41, 5.74) is 1.64. The topological polar surface area (TPSA) is 90.9 Å². The Balaban J connectivity index is 1.57. The van der Waals surface area contributed by atoms with Crippen LogP contribution in [0.15, 0.2) is 41.5 Å². The van der Waals surface area contributed by atoms with E-state index in [1.165, 1.54) is 6.92 Å². The zero-order chi connectivity index (χ0) is 21.5. The quantitative estimate of drug-likeness (QED) is 0.482. The van der Waals surface area contributed by atoms with Crippen LogP contribution in [0.25, 0.3) is 0 Å². The third-order valence-corrected chi connectivity index (χ3v) is 5.12. The number of carbonyl (C=O) groups is 1. The minimum Gasteiger partial charge on any atom is -0.495 e. The Bertz CT molecular complexity index is 920. The van der Waals surface area contributed by atoms with Crippen molar-refractivity contribution in [2.45, 2.75) is 25.9 Å². The fourth-order valence-corrected chi connectivity index (χ4v) is 3.65. The SMILES string of the molecule is CN=C(NCc1ccc(OC)c(NC(C)=O)c1)NC1CCN(c2ncccc2Cl)C1. The van der Waals surface area contributed by atoms with Gasteiger partial charge in [0.2, 0.25) is 5.91 Å². The number of amides is 1. The largest absolute Gasteiger partial charge is 0.495 e. The molecule has 1 aliphatic rings. The number of aliphatic imine (C=N–C) groups is 1. The summed E-state index contributed by atoms with van der Waals surface area (Å²) in [5, 5.41) is 10.2. The zero-order valence-electron chi connectivity index (χ0n) is 17.4. The van der Waals surface area contributed by atoms with Crippen LogP contribution >= 0.6 is 11.6 Å². The van der Waals surface area contributed by atoms with Gasteiger partial charge in [-0.1, -0.05) is 17.7 Å². The number of benzene rings is 1. The molecule has 1 aliphatic heterocycles. The van der Waals surface area contributed by atoms with Gasteiger partial charge in [-0.05, 0) is 36.2 Å². The molecule has 1 aromatic carbocycles. The van der Waals surface area contributed by atoms with Gasteiger partial charge in [0.1, 0.15) is 11.6 Å². The summed E-state index contributed by atoms with van der Waals surface area (Å²) in [5.74, 6) is 2.01. The number of nitrogens with zero attached hydrogens (tertiary/aromatic N) is 3. The second kappa shape index (κ2) is 10.2. The number of hydrogen-bond donors (Lipinski definition) is 3. The van der Waals surface area contributed by atoms with Gasteiger partial charge >= 0.3 is 0 Å². The monoisotopic (exact) mass is 430 g/mol. The molecule has 1 amide bonds. The molecular weight excluding hydrogens is 404 g/mol. The highest BCUT2D eigenvalue weighted by Crippen LogP contribution is 2.26. The normalized spacial score (nSPS) is 16.3. The molecule has 1 atom stereocenters. The average molecular weight is 431 g/mol. The molecule has 1 unspecified atom stereocenters. The molecule has 0 spiro atoms. The van der Waals surface area contributed by atoms with E-state index in [-0.39, 0.29) is 11.9 Å². The second-order valence-corrected chi connectivity index (χ2v) is 7.43. The average Bonchev–Trinajstić information content (AvgIpc) is 3.19. The Morgan fingerprint density at radius 2 is 2.23 bits per heavy atom. The maximum Gasteiger partial charge on any atom is 0.221 e. The van der Waals surface area contributed by atoms with Crippen LogP contribution in [0.4, 0.5) is 11.5 Å². The Morgan fingerprint density at radius 3 is 2.93 bits per heavy atom. The van der Waals surface area contributed by atoms with Crippen LogP contribution in [-0.2, 0) is 11.3 Å². The van der Waals surface area contributed by atoms with E-state index < -0.39 is 0 Å². The van der Waals surface area contributed by atoms with Crippen LogP contribution in [0.1, 0.15) is 18.9 Å². The number of pyridine rings is 1. The van der Waals surface area contributed by atoms with E-state index in [9.17, 15) is 4.79 Å². The van der Waals surface area contributed by atoms with Crippen LogP contribution in [0.3, 0.4) is 0 Å². The Hall–Kier alpha value is -3.00. The van der Waals surface area contributed by atoms with Crippen molar-refractivity contribution in [2.75, 3.05) is 37.5 Å². The van der Waals surface area contributed by atoms with Crippen molar-refractivity contribution in [3.63, 3.8) is 0 Å². The molecule has 30 heavy (non-hydrogen) atoms. The lowest BCUT2D eigenvalue weighted by Gasteiger charge is -2.20. The molecule has 0 radical (unpaired) electrons. The molecule has 160 valence electrons. The summed E-state index contributed by atoms with van der Waals surface area (Å²) < 4.78 is 5.30. The standard InChI is InChI=1S/C21H27ClN6O2/c1-14(29)26-18-11-15(6-7-19(18)30-3)12-25-21(23-2)27-16-8-10-28(13-16)20-17(22)5-4-9-24-20/h4-7,9,11,16H,8,10,12-13H2,1-3H3,(H,26,29)(H2,23,25,27). The molecule has 2 heterocycles. The van der Waals surface area contributed by atoms with Gasteiger partial charge in [0.25, 0.3) is 0 Å². The van der Waals surface area contributed by atoms with Crippen LogP contribution < -0.4 is 25.6 Å². The van der Waals surface area contributed by atoms with Gasteiger partial charge in [-0.25, -0.2) is 4.98 Å². The summed E-state index contributed by atoms with van der Waals surface area (Å²) in [6.07, 6.45) is 2.72. The van der Waals surface area contributed by atoms with Crippen molar-refractivity contribution < 1.29 is 9.53 Å². The summed E-state index contributed by atoms with van der Waals surface area (Å²) in [6, 6.07) is 9.60. The first-order valence-electron chi connectivity index (χ1n) is 9.77. The lowest BCUT2D eigenvalue weighted by Crippen LogP contribution is -2.44. The number of aromatic nitrogens is 1. The molecule has 1 saturated heterocycles. The number of guanidine groups is 1. The second-order valence-electron chi connectivity index (χ2n) is 7.03. The third-order valence-electron chi connectivity index (χ3n) is 4.83. The molecule has 1 fully saturated rings. The first-order chi connectivity index (χ1) is 14.5. The maximum atomic E-state index is 11.4. The van der Waals surface area contributed by atoms with Crippen molar-refractivity contribution in [3.05, 3.63) is 47.1 Å². The fourth-order valence-electron chi connectivity index (χ4n) is 3.41. The number of hydrogen-bond acceptors (Lipinski definition) is 5. The highest BCUT2D eigenvalue weighted by Gasteiger charge is 2.25. The van der Waals surface area contributed by atoms with E-state index in [4.69, 9.17) is 16.3 Å². The first-order valence-corrected chi connectivity index (χ1v) is 10.1. The van der Waals surface area contributed by atoms with Gasteiger partial charge in [-0.3, -0.25) is 9.79 Å². The van der Waals surface area contributed by atoms with Crippen molar-refractivity contribution in [1.82, 2.24) is 15.6 Å². The maximum absolute atomic E-state index is 11.4.